The second kappa shape index (κ2) is 4.96. The third kappa shape index (κ3) is 2.19. The van der Waals surface area contributed by atoms with E-state index >= 15 is 0 Å². The van der Waals surface area contributed by atoms with Crippen LogP contribution in [0.2, 0.25) is 0 Å². The Morgan fingerprint density at radius 2 is 1.25 bits per heavy atom. The van der Waals surface area contributed by atoms with Crippen molar-refractivity contribution in [2.45, 2.75) is 0 Å². The second-order valence-electron chi connectivity index (χ2n) is 3.24. The predicted molar refractivity (Wildman–Crippen MR) is 68.1 cm³/mol. The molecule has 2 aromatic rings. The molecule has 2 aromatic carbocycles. The van der Waals surface area contributed by atoms with Gasteiger partial charge in [0.1, 0.15) is 0 Å². The number of hydrazone groups is 1. The Morgan fingerprint density at radius 1 is 0.812 bits per heavy atom. The minimum atomic E-state index is 0.991. The Kier molecular flexibility index (Phi) is 3.17. The van der Waals surface area contributed by atoms with E-state index in [0.29, 0.717) is 0 Å². The van der Waals surface area contributed by atoms with Crippen molar-refractivity contribution in [1.82, 2.24) is 0 Å². The van der Waals surface area contributed by atoms with Crippen LogP contribution in [0.1, 0.15) is 0 Å². The fourth-order valence-corrected chi connectivity index (χ4v) is 1.47. The molecule has 0 N–H and O–H groups in total. The molecule has 2 rings (SSSR count). The van der Waals surface area contributed by atoms with Gasteiger partial charge in [0.05, 0.1) is 11.4 Å². The monoisotopic (exact) mass is 208 g/mol. The summed E-state index contributed by atoms with van der Waals surface area (Å²) in [4.78, 5) is 0. The highest BCUT2D eigenvalue weighted by Crippen LogP contribution is 2.24. The normalized spacial score (nSPS) is 9.25. The highest BCUT2D eigenvalue weighted by Gasteiger charge is 2.05. The first kappa shape index (κ1) is 10.2. The summed E-state index contributed by atoms with van der Waals surface area (Å²) >= 11 is 0. The van der Waals surface area contributed by atoms with E-state index in [1.807, 2.05) is 60.7 Å². The number of hydrogen-bond donors (Lipinski definition) is 0. The fraction of sp³-hybridized carbons (Fsp3) is 0. The van der Waals surface area contributed by atoms with Gasteiger partial charge in [-0.2, -0.15) is 0 Å². The van der Waals surface area contributed by atoms with Gasteiger partial charge in [0.15, 0.2) is 0 Å². The Bertz CT molecular complexity index is 445. The molecule has 0 aliphatic rings. The molecule has 0 unspecified atom stereocenters. The zero-order valence-electron chi connectivity index (χ0n) is 8.88. The van der Waals surface area contributed by atoms with Gasteiger partial charge in [-0.1, -0.05) is 36.4 Å². The average molecular weight is 208 g/mol. The zero-order valence-corrected chi connectivity index (χ0v) is 8.88. The van der Waals surface area contributed by atoms with Crippen molar-refractivity contribution in [1.29, 1.82) is 0 Å². The molecule has 0 aromatic heterocycles. The van der Waals surface area contributed by atoms with Crippen LogP contribution in [0.5, 0.6) is 0 Å². The lowest BCUT2D eigenvalue weighted by atomic mass is 10.2. The molecule has 0 saturated heterocycles. The summed E-state index contributed by atoms with van der Waals surface area (Å²) in [7, 11) is 0. The van der Waals surface area contributed by atoms with Gasteiger partial charge in [-0.05, 0) is 30.8 Å². The fourth-order valence-electron chi connectivity index (χ4n) is 1.47. The SMILES string of the molecule is C=C=NN(c1ccccc1)c1ccccc1. The van der Waals surface area contributed by atoms with Crippen molar-refractivity contribution < 1.29 is 0 Å². The lowest BCUT2D eigenvalue weighted by Crippen LogP contribution is -2.07. The van der Waals surface area contributed by atoms with Crippen LogP contribution in [0.25, 0.3) is 0 Å². The van der Waals surface area contributed by atoms with Crippen LogP contribution < -0.4 is 5.01 Å². The number of benzene rings is 2. The summed E-state index contributed by atoms with van der Waals surface area (Å²) in [5, 5.41) is 5.94. The summed E-state index contributed by atoms with van der Waals surface area (Å²) in [6.07, 6.45) is 0. The molecule has 16 heavy (non-hydrogen) atoms. The summed E-state index contributed by atoms with van der Waals surface area (Å²) in [6, 6.07) is 19.8. The Hall–Kier alpha value is -2.31. The lowest BCUT2D eigenvalue weighted by Gasteiger charge is -2.17. The molecule has 0 aliphatic carbocycles. The van der Waals surface area contributed by atoms with Gasteiger partial charge in [-0.3, -0.25) is 0 Å². The van der Waals surface area contributed by atoms with Gasteiger partial charge in [0.2, 0.25) is 0 Å². The van der Waals surface area contributed by atoms with Crippen molar-refractivity contribution in [3.63, 3.8) is 0 Å². The van der Waals surface area contributed by atoms with Crippen LogP contribution in [0.3, 0.4) is 0 Å². The van der Waals surface area contributed by atoms with Crippen LogP contribution in [-0.2, 0) is 0 Å². The number of hydrogen-bond acceptors (Lipinski definition) is 2. The van der Waals surface area contributed by atoms with E-state index in [-0.39, 0.29) is 0 Å². The molecule has 78 valence electrons. The summed E-state index contributed by atoms with van der Waals surface area (Å²) < 4.78 is 0. The molecule has 2 nitrogen and oxygen atoms in total. The third-order valence-corrected chi connectivity index (χ3v) is 2.17. The molecule has 0 bridgehead atoms. The maximum absolute atomic E-state index is 4.14. The molecule has 0 saturated carbocycles. The molecule has 0 amide bonds. The van der Waals surface area contributed by atoms with Gasteiger partial charge in [-0.25, -0.2) is 5.01 Å². The lowest BCUT2D eigenvalue weighted by molar-refractivity contribution is 1.10. The van der Waals surface area contributed by atoms with Gasteiger partial charge in [-0.15, -0.1) is 5.10 Å². The van der Waals surface area contributed by atoms with Gasteiger partial charge < -0.3 is 0 Å². The first-order chi connectivity index (χ1) is 7.92. The van der Waals surface area contributed by atoms with Gasteiger partial charge in [0.25, 0.3) is 0 Å². The van der Waals surface area contributed by atoms with Gasteiger partial charge in [0, 0.05) is 5.87 Å². The van der Waals surface area contributed by atoms with E-state index in [4.69, 9.17) is 0 Å². The molecule has 0 fully saturated rings. The number of para-hydroxylation sites is 2. The zero-order chi connectivity index (χ0) is 11.2. The quantitative estimate of drug-likeness (QED) is 0.556. The highest BCUT2D eigenvalue weighted by molar-refractivity contribution is 5.65. The number of rotatable bonds is 3. The average Bonchev–Trinajstić information content (AvgIpc) is 2.38. The molecule has 0 heterocycles. The summed E-state index contributed by atoms with van der Waals surface area (Å²) in [6.45, 7) is 3.52. The topological polar surface area (TPSA) is 15.6 Å². The molecular formula is C14H12N2. The van der Waals surface area contributed by atoms with Crippen molar-refractivity contribution in [2.24, 2.45) is 5.10 Å². The van der Waals surface area contributed by atoms with E-state index in [0.717, 1.165) is 11.4 Å². The van der Waals surface area contributed by atoms with E-state index in [2.05, 4.69) is 17.6 Å². The Morgan fingerprint density at radius 3 is 1.62 bits per heavy atom. The van der Waals surface area contributed by atoms with E-state index < -0.39 is 0 Å². The molecule has 0 atom stereocenters. The molecule has 2 heteroatoms. The predicted octanol–water partition coefficient (Wildman–Crippen LogP) is 3.60. The Labute approximate surface area is 95.2 Å². The van der Waals surface area contributed by atoms with Gasteiger partial charge >= 0.3 is 0 Å². The minimum absolute atomic E-state index is 0.991. The van der Waals surface area contributed by atoms with Crippen molar-refractivity contribution >= 4 is 17.2 Å². The van der Waals surface area contributed by atoms with E-state index in [9.17, 15) is 0 Å². The largest absolute Gasteiger partial charge is 0.226 e. The van der Waals surface area contributed by atoms with Crippen molar-refractivity contribution in [3.8, 4) is 0 Å². The van der Waals surface area contributed by atoms with E-state index in [1.165, 1.54) is 0 Å². The van der Waals surface area contributed by atoms with Crippen LogP contribution in [0.4, 0.5) is 11.4 Å². The van der Waals surface area contributed by atoms with Crippen LogP contribution in [-0.4, -0.2) is 5.87 Å². The Balaban J connectivity index is 2.43. The highest BCUT2D eigenvalue weighted by atomic mass is 15.4. The van der Waals surface area contributed by atoms with Crippen LogP contribution in [0, 0.1) is 0 Å². The first-order valence-corrected chi connectivity index (χ1v) is 5.05. The van der Waals surface area contributed by atoms with Crippen molar-refractivity contribution in [3.05, 3.63) is 67.2 Å². The molecule has 0 spiro atoms. The minimum Gasteiger partial charge on any atom is -0.226 e. The third-order valence-electron chi connectivity index (χ3n) is 2.17. The maximum atomic E-state index is 4.14. The molecule has 0 radical (unpaired) electrons. The summed E-state index contributed by atoms with van der Waals surface area (Å²) in [5.74, 6) is 2.57. The number of nitrogens with zero attached hydrogens (tertiary/aromatic N) is 2. The molecular weight excluding hydrogens is 196 g/mol. The standard InChI is InChI=1S/C14H12N2/c1-2-15-16(13-9-5-3-6-10-13)14-11-7-4-8-12-14/h3-12H,1H2. The van der Waals surface area contributed by atoms with Crippen LogP contribution >= 0.6 is 0 Å². The van der Waals surface area contributed by atoms with Crippen LogP contribution in [0.15, 0.2) is 72.3 Å². The smallest absolute Gasteiger partial charge is 0.0659 e. The molecule has 0 aliphatic heterocycles. The van der Waals surface area contributed by atoms with Crippen molar-refractivity contribution in [2.75, 3.05) is 5.01 Å². The maximum Gasteiger partial charge on any atom is 0.0659 e. The van der Waals surface area contributed by atoms with E-state index in [1.54, 1.807) is 5.01 Å². The first-order valence-electron chi connectivity index (χ1n) is 5.05. The second-order valence-corrected chi connectivity index (χ2v) is 3.24. The number of anilines is 2. The summed E-state index contributed by atoms with van der Waals surface area (Å²) in [5.41, 5.74) is 1.98.